The molecule has 1 heterocycles. The average Bonchev–Trinajstić information content (AvgIpc) is 2.37. The molecule has 0 fully saturated rings. The molecule has 0 atom stereocenters. The lowest BCUT2D eigenvalue weighted by atomic mass is 10.3. The summed E-state index contributed by atoms with van der Waals surface area (Å²) in [6.07, 6.45) is 0. The molecule has 0 amide bonds. The van der Waals surface area contributed by atoms with Crippen molar-refractivity contribution in [1.82, 2.24) is 9.97 Å². The fourth-order valence-electron chi connectivity index (χ4n) is 1.50. The molecule has 3 nitrogen and oxygen atoms in total. The van der Waals surface area contributed by atoms with Crippen molar-refractivity contribution in [2.24, 2.45) is 0 Å². The zero-order valence-corrected chi connectivity index (χ0v) is 10.3. The molecule has 1 aromatic heterocycles. The van der Waals surface area contributed by atoms with Crippen molar-refractivity contribution in [2.45, 2.75) is 19.4 Å². The van der Waals surface area contributed by atoms with Crippen molar-refractivity contribution in [2.75, 3.05) is 0 Å². The monoisotopic (exact) mass is 248 g/mol. The normalized spacial score (nSPS) is 10.2. The number of benzene rings is 1. The highest BCUT2D eigenvalue weighted by Crippen LogP contribution is 2.11. The predicted molar refractivity (Wildman–Crippen MR) is 67.1 cm³/mol. The summed E-state index contributed by atoms with van der Waals surface area (Å²) in [7, 11) is 0. The van der Waals surface area contributed by atoms with Crippen LogP contribution in [-0.2, 0) is 12.5 Å². The highest BCUT2D eigenvalue weighted by Gasteiger charge is 2.02. The van der Waals surface area contributed by atoms with Gasteiger partial charge in [-0.05, 0) is 25.1 Å². The third-order valence-corrected chi connectivity index (χ3v) is 2.48. The Hall–Kier alpha value is -1.61. The van der Waals surface area contributed by atoms with Gasteiger partial charge in [-0.25, -0.2) is 9.97 Å². The van der Waals surface area contributed by atoms with Crippen LogP contribution in [0, 0.1) is 6.92 Å². The van der Waals surface area contributed by atoms with Crippen LogP contribution in [0.1, 0.15) is 17.2 Å². The van der Waals surface area contributed by atoms with E-state index < -0.39 is 0 Å². The van der Waals surface area contributed by atoms with Gasteiger partial charge in [-0.15, -0.1) is 11.6 Å². The Morgan fingerprint density at radius 2 is 1.94 bits per heavy atom. The van der Waals surface area contributed by atoms with E-state index in [1.807, 2.05) is 43.3 Å². The van der Waals surface area contributed by atoms with Crippen molar-refractivity contribution in [1.29, 1.82) is 0 Å². The number of hydrogen-bond acceptors (Lipinski definition) is 3. The zero-order valence-electron chi connectivity index (χ0n) is 9.56. The van der Waals surface area contributed by atoms with Gasteiger partial charge >= 0.3 is 0 Å². The molecular formula is C13H13ClN2O. The first-order chi connectivity index (χ1) is 8.28. The van der Waals surface area contributed by atoms with E-state index >= 15 is 0 Å². The number of aryl methyl sites for hydroxylation is 1. The predicted octanol–water partition coefficient (Wildman–Crippen LogP) is 3.10. The lowest BCUT2D eigenvalue weighted by molar-refractivity contribution is 0.295. The van der Waals surface area contributed by atoms with Gasteiger partial charge in [0.1, 0.15) is 12.4 Å². The van der Waals surface area contributed by atoms with Crippen molar-refractivity contribution < 1.29 is 4.74 Å². The summed E-state index contributed by atoms with van der Waals surface area (Å²) in [5.41, 5.74) is 1.73. The van der Waals surface area contributed by atoms with E-state index in [1.165, 1.54) is 0 Å². The van der Waals surface area contributed by atoms with Crippen molar-refractivity contribution >= 4 is 11.6 Å². The summed E-state index contributed by atoms with van der Waals surface area (Å²) in [5, 5.41) is 0. The molecule has 2 aromatic rings. The van der Waals surface area contributed by atoms with Crippen molar-refractivity contribution in [3.05, 3.63) is 53.6 Å². The summed E-state index contributed by atoms with van der Waals surface area (Å²) in [6, 6.07) is 11.5. The fraction of sp³-hybridized carbons (Fsp3) is 0.231. The van der Waals surface area contributed by atoms with Crippen LogP contribution >= 0.6 is 11.6 Å². The molecule has 0 spiro atoms. The number of halogens is 1. The molecule has 0 saturated heterocycles. The molecular weight excluding hydrogens is 236 g/mol. The van der Waals surface area contributed by atoms with Crippen LogP contribution < -0.4 is 4.74 Å². The number of para-hydroxylation sites is 1. The number of ether oxygens (including phenoxy) is 1. The Morgan fingerprint density at radius 3 is 2.65 bits per heavy atom. The van der Waals surface area contributed by atoms with E-state index in [-0.39, 0.29) is 0 Å². The number of nitrogens with zero attached hydrogens (tertiary/aromatic N) is 2. The van der Waals surface area contributed by atoms with Crippen LogP contribution in [-0.4, -0.2) is 9.97 Å². The lowest BCUT2D eigenvalue weighted by Gasteiger charge is -2.06. The standard InChI is InChI=1S/C13H13ClN2O/c1-10-7-11(8-14)16-13(15-10)9-17-12-5-3-2-4-6-12/h2-7H,8-9H2,1H3. The first-order valence-corrected chi connectivity index (χ1v) is 5.88. The summed E-state index contributed by atoms with van der Waals surface area (Å²) in [5.74, 6) is 1.86. The van der Waals surface area contributed by atoms with Gasteiger partial charge in [0.05, 0.1) is 11.6 Å². The number of alkyl halides is 1. The van der Waals surface area contributed by atoms with Gasteiger partial charge in [0.15, 0.2) is 5.82 Å². The third-order valence-electron chi connectivity index (χ3n) is 2.20. The molecule has 0 bridgehead atoms. The Bertz CT molecular complexity index is 488. The molecule has 0 saturated carbocycles. The van der Waals surface area contributed by atoms with Crippen molar-refractivity contribution in [3.63, 3.8) is 0 Å². The molecule has 0 N–H and O–H groups in total. The maximum absolute atomic E-state index is 5.76. The van der Waals surface area contributed by atoms with Gasteiger partial charge in [0, 0.05) is 5.69 Å². The van der Waals surface area contributed by atoms with Crippen LogP contribution in [0.3, 0.4) is 0 Å². The minimum atomic E-state index is 0.357. The second-order valence-corrected chi connectivity index (χ2v) is 3.92. The van der Waals surface area contributed by atoms with Gasteiger partial charge in [-0.1, -0.05) is 18.2 Å². The molecule has 0 unspecified atom stereocenters. The van der Waals surface area contributed by atoms with E-state index in [1.54, 1.807) is 0 Å². The smallest absolute Gasteiger partial charge is 0.166 e. The number of aromatic nitrogens is 2. The SMILES string of the molecule is Cc1cc(CCl)nc(COc2ccccc2)n1. The topological polar surface area (TPSA) is 35.0 Å². The highest BCUT2D eigenvalue weighted by atomic mass is 35.5. The average molecular weight is 249 g/mol. The molecule has 2 rings (SSSR count). The van der Waals surface area contributed by atoms with E-state index in [2.05, 4.69) is 9.97 Å². The lowest BCUT2D eigenvalue weighted by Crippen LogP contribution is -2.04. The van der Waals surface area contributed by atoms with Crippen LogP contribution in [0.5, 0.6) is 5.75 Å². The van der Waals surface area contributed by atoms with E-state index in [9.17, 15) is 0 Å². The van der Waals surface area contributed by atoms with E-state index in [0.717, 1.165) is 17.1 Å². The quantitative estimate of drug-likeness (QED) is 0.780. The van der Waals surface area contributed by atoms with Crippen LogP contribution in [0.2, 0.25) is 0 Å². The Morgan fingerprint density at radius 1 is 1.18 bits per heavy atom. The van der Waals surface area contributed by atoms with Gasteiger partial charge in [-0.2, -0.15) is 0 Å². The molecule has 0 aliphatic rings. The molecule has 88 valence electrons. The first-order valence-electron chi connectivity index (χ1n) is 5.35. The summed E-state index contributed by atoms with van der Waals surface area (Å²) < 4.78 is 5.58. The van der Waals surface area contributed by atoms with Crippen LogP contribution in [0.15, 0.2) is 36.4 Å². The van der Waals surface area contributed by atoms with E-state index in [4.69, 9.17) is 16.3 Å². The molecule has 0 aliphatic heterocycles. The summed E-state index contributed by atoms with van der Waals surface area (Å²) in [6.45, 7) is 2.28. The van der Waals surface area contributed by atoms with E-state index in [0.29, 0.717) is 18.3 Å². The minimum Gasteiger partial charge on any atom is -0.486 e. The Labute approximate surface area is 105 Å². The third kappa shape index (κ3) is 3.43. The minimum absolute atomic E-state index is 0.357. The Balaban J connectivity index is 2.06. The fourth-order valence-corrected chi connectivity index (χ4v) is 1.63. The van der Waals surface area contributed by atoms with Crippen molar-refractivity contribution in [3.8, 4) is 5.75 Å². The highest BCUT2D eigenvalue weighted by molar-refractivity contribution is 6.16. The zero-order chi connectivity index (χ0) is 12.1. The maximum Gasteiger partial charge on any atom is 0.166 e. The van der Waals surface area contributed by atoms with Gasteiger partial charge in [0.25, 0.3) is 0 Å². The molecule has 0 aliphatic carbocycles. The van der Waals surface area contributed by atoms with Crippen LogP contribution in [0.4, 0.5) is 0 Å². The molecule has 1 aromatic carbocycles. The Kier molecular flexibility index (Phi) is 3.94. The maximum atomic E-state index is 5.76. The van der Waals surface area contributed by atoms with Gasteiger partial charge in [-0.3, -0.25) is 0 Å². The van der Waals surface area contributed by atoms with Gasteiger partial charge in [0.2, 0.25) is 0 Å². The molecule has 4 heteroatoms. The summed E-state index contributed by atoms with van der Waals surface area (Å²) >= 11 is 5.76. The van der Waals surface area contributed by atoms with Gasteiger partial charge < -0.3 is 4.74 Å². The largest absolute Gasteiger partial charge is 0.486 e. The van der Waals surface area contributed by atoms with Crippen LogP contribution in [0.25, 0.3) is 0 Å². The number of rotatable bonds is 4. The second-order valence-electron chi connectivity index (χ2n) is 3.65. The molecule has 17 heavy (non-hydrogen) atoms. The first kappa shape index (κ1) is 11.9. The second kappa shape index (κ2) is 5.64. The summed E-state index contributed by atoms with van der Waals surface area (Å²) in [4.78, 5) is 8.60. The molecule has 0 radical (unpaired) electrons. The number of hydrogen-bond donors (Lipinski definition) is 0.